The van der Waals surface area contributed by atoms with E-state index in [-0.39, 0.29) is 11.3 Å². The summed E-state index contributed by atoms with van der Waals surface area (Å²) in [5, 5.41) is 10.9. The predicted octanol–water partition coefficient (Wildman–Crippen LogP) is 3.21. The van der Waals surface area contributed by atoms with Crippen molar-refractivity contribution in [2.75, 3.05) is 34.3 Å². The second-order valence-electron chi connectivity index (χ2n) is 7.43. The van der Waals surface area contributed by atoms with Crippen molar-refractivity contribution in [3.05, 3.63) is 71.0 Å². The van der Waals surface area contributed by atoms with Crippen LogP contribution in [0.1, 0.15) is 23.6 Å². The van der Waals surface area contributed by atoms with Crippen LogP contribution in [0.3, 0.4) is 0 Å². The third-order valence-electron chi connectivity index (χ3n) is 5.09. The molecule has 0 aliphatic carbocycles. The molecule has 1 aliphatic heterocycles. The first-order valence-corrected chi connectivity index (χ1v) is 9.66. The Labute approximate surface area is 175 Å². The number of ether oxygens (including phenoxy) is 1. The van der Waals surface area contributed by atoms with Gasteiger partial charge < -0.3 is 19.6 Å². The van der Waals surface area contributed by atoms with Crippen molar-refractivity contribution in [1.82, 2.24) is 9.80 Å². The fourth-order valence-electron chi connectivity index (χ4n) is 3.56. The lowest BCUT2D eigenvalue weighted by Gasteiger charge is -2.26. The summed E-state index contributed by atoms with van der Waals surface area (Å²) in [5.41, 5.74) is 0.964. The van der Waals surface area contributed by atoms with Gasteiger partial charge in [-0.3, -0.25) is 9.59 Å². The zero-order valence-corrected chi connectivity index (χ0v) is 17.3. The van der Waals surface area contributed by atoms with Crippen LogP contribution in [0.5, 0.6) is 5.75 Å². The van der Waals surface area contributed by atoms with Gasteiger partial charge in [-0.05, 0) is 69.0 Å². The molecular formula is C23H25FN2O4. The number of methoxy groups -OCH3 is 1. The Morgan fingerprint density at radius 1 is 1.10 bits per heavy atom. The third-order valence-corrected chi connectivity index (χ3v) is 5.09. The summed E-state index contributed by atoms with van der Waals surface area (Å²) in [6.07, 6.45) is 0.653. The lowest BCUT2D eigenvalue weighted by Crippen LogP contribution is -2.32. The van der Waals surface area contributed by atoms with Crippen molar-refractivity contribution in [2.24, 2.45) is 0 Å². The number of likely N-dealkylation sites (tertiary alicyclic amines) is 1. The van der Waals surface area contributed by atoms with Gasteiger partial charge in [0.25, 0.3) is 11.7 Å². The normalized spacial score (nSPS) is 18.3. The molecule has 1 atom stereocenters. The van der Waals surface area contributed by atoms with Gasteiger partial charge >= 0.3 is 0 Å². The molecule has 30 heavy (non-hydrogen) atoms. The highest BCUT2D eigenvalue weighted by molar-refractivity contribution is 6.46. The molecule has 0 radical (unpaired) electrons. The number of ketones is 1. The zero-order chi connectivity index (χ0) is 21.8. The average Bonchev–Trinajstić information content (AvgIpc) is 2.98. The van der Waals surface area contributed by atoms with Gasteiger partial charge in [0.05, 0.1) is 18.7 Å². The summed E-state index contributed by atoms with van der Waals surface area (Å²) in [7, 11) is 5.38. The number of halogens is 1. The van der Waals surface area contributed by atoms with E-state index in [1.54, 1.807) is 24.3 Å². The van der Waals surface area contributed by atoms with E-state index in [9.17, 15) is 19.1 Å². The van der Waals surface area contributed by atoms with Crippen LogP contribution in [0.2, 0.25) is 0 Å². The van der Waals surface area contributed by atoms with Crippen LogP contribution in [0, 0.1) is 5.82 Å². The quantitative estimate of drug-likeness (QED) is 0.430. The number of nitrogens with zero attached hydrogens (tertiary/aromatic N) is 2. The second kappa shape index (κ2) is 9.09. The van der Waals surface area contributed by atoms with E-state index < -0.39 is 23.5 Å². The molecule has 7 heteroatoms. The first-order valence-electron chi connectivity index (χ1n) is 9.66. The van der Waals surface area contributed by atoms with E-state index in [0.29, 0.717) is 29.8 Å². The number of hydrogen-bond acceptors (Lipinski definition) is 5. The van der Waals surface area contributed by atoms with Crippen molar-refractivity contribution < 1.29 is 23.8 Å². The molecule has 3 rings (SSSR count). The number of carbonyl (C=O) groups is 2. The topological polar surface area (TPSA) is 70.1 Å². The van der Waals surface area contributed by atoms with Crippen LogP contribution in [-0.4, -0.2) is 60.9 Å². The molecular weight excluding hydrogens is 387 g/mol. The van der Waals surface area contributed by atoms with Crippen molar-refractivity contribution in [1.29, 1.82) is 0 Å². The lowest BCUT2D eigenvalue weighted by atomic mass is 9.95. The molecule has 1 heterocycles. The molecule has 1 saturated heterocycles. The number of Topliss-reactive ketones (excluding diaryl/α,β-unsaturated/α-hetero) is 1. The SMILES string of the molecule is COc1ccc(/C(O)=C2\C(=O)C(=O)N(CCCN(C)C)[C@@H]2c2ccc(F)cc2)cc1. The maximum atomic E-state index is 13.5. The average molecular weight is 412 g/mol. The molecule has 2 aromatic carbocycles. The van der Waals surface area contributed by atoms with E-state index in [0.717, 1.165) is 6.54 Å². The Morgan fingerprint density at radius 2 is 1.73 bits per heavy atom. The molecule has 2 aromatic rings. The van der Waals surface area contributed by atoms with Crippen LogP contribution in [-0.2, 0) is 9.59 Å². The van der Waals surface area contributed by atoms with Gasteiger partial charge in [0.2, 0.25) is 0 Å². The van der Waals surface area contributed by atoms with Gasteiger partial charge in [-0.2, -0.15) is 0 Å². The number of aliphatic hydroxyl groups excluding tert-OH is 1. The number of rotatable bonds is 7. The van der Waals surface area contributed by atoms with Gasteiger partial charge in [0.15, 0.2) is 0 Å². The standard InChI is InChI=1S/C23H25FN2O4/c1-25(2)13-4-14-26-20(15-5-9-17(24)10-6-15)19(22(28)23(26)29)21(27)16-7-11-18(30-3)12-8-16/h5-12,20,27H,4,13-14H2,1-3H3/b21-19+/t20-/m1/s1. The summed E-state index contributed by atoms with van der Waals surface area (Å²) >= 11 is 0. The molecule has 0 spiro atoms. The Bertz CT molecular complexity index is 952. The van der Waals surface area contributed by atoms with Gasteiger partial charge in [-0.1, -0.05) is 12.1 Å². The molecule has 0 saturated carbocycles. The minimum Gasteiger partial charge on any atom is -0.507 e. The fraction of sp³-hybridized carbons (Fsp3) is 0.304. The number of carbonyl (C=O) groups excluding carboxylic acids is 2. The number of hydrogen-bond donors (Lipinski definition) is 1. The molecule has 1 aliphatic rings. The van der Waals surface area contributed by atoms with Crippen molar-refractivity contribution >= 4 is 17.4 Å². The number of amides is 1. The van der Waals surface area contributed by atoms with Gasteiger partial charge in [0.1, 0.15) is 17.3 Å². The monoisotopic (exact) mass is 412 g/mol. The van der Waals surface area contributed by atoms with E-state index in [2.05, 4.69) is 0 Å². The number of benzene rings is 2. The fourth-order valence-corrected chi connectivity index (χ4v) is 3.56. The summed E-state index contributed by atoms with van der Waals surface area (Å²) in [6, 6.07) is 11.4. The van der Waals surface area contributed by atoms with E-state index in [4.69, 9.17) is 4.74 Å². The van der Waals surface area contributed by atoms with Crippen LogP contribution in [0.25, 0.3) is 5.76 Å². The van der Waals surface area contributed by atoms with E-state index in [1.165, 1.54) is 36.3 Å². The molecule has 0 bridgehead atoms. The highest BCUT2D eigenvalue weighted by Gasteiger charge is 2.45. The Hall–Kier alpha value is -3.19. The van der Waals surface area contributed by atoms with Gasteiger partial charge in [-0.15, -0.1) is 0 Å². The minimum absolute atomic E-state index is 0.00151. The Morgan fingerprint density at radius 3 is 2.30 bits per heavy atom. The molecule has 158 valence electrons. The maximum Gasteiger partial charge on any atom is 0.295 e. The first-order chi connectivity index (χ1) is 14.3. The molecule has 1 amide bonds. The number of aliphatic hydroxyl groups is 1. The van der Waals surface area contributed by atoms with Crippen molar-refractivity contribution in [3.8, 4) is 5.75 Å². The molecule has 6 nitrogen and oxygen atoms in total. The van der Waals surface area contributed by atoms with Crippen LogP contribution in [0.4, 0.5) is 4.39 Å². The summed E-state index contributed by atoms with van der Waals surface area (Å²) in [4.78, 5) is 29.1. The largest absolute Gasteiger partial charge is 0.507 e. The molecule has 1 N–H and O–H groups in total. The third kappa shape index (κ3) is 4.36. The van der Waals surface area contributed by atoms with Crippen molar-refractivity contribution in [2.45, 2.75) is 12.5 Å². The smallest absolute Gasteiger partial charge is 0.295 e. The van der Waals surface area contributed by atoms with Crippen LogP contribution in [0.15, 0.2) is 54.1 Å². The highest BCUT2D eigenvalue weighted by Crippen LogP contribution is 2.39. The molecule has 1 fully saturated rings. The summed E-state index contributed by atoms with van der Waals surface area (Å²) in [5.74, 6) is -1.50. The minimum atomic E-state index is -0.783. The predicted molar refractivity (Wildman–Crippen MR) is 112 cm³/mol. The van der Waals surface area contributed by atoms with Gasteiger partial charge in [0, 0.05) is 12.1 Å². The second-order valence-corrected chi connectivity index (χ2v) is 7.43. The Kier molecular flexibility index (Phi) is 6.52. The van der Waals surface area contributed by atoms with E-state index >= 15 is 0 Å². The first kappa shape index (κ1) is 21.5. The lowest BCUT2D eigenvalue weighted by molar-refractivity contribution is -0.139. The van der Waals surface area contributed by atoms with Crippen molar-refractivity contribution in [3.63, 3.8) is 0 Å². The maximum absolute atomic E-state index is 13.5. The summed E-state index contributed by atoms with van der Waals surface area (Å²) in [6.45, 7) is 1.07. The highest BCUT2D eigenvalue weighted by atomic mass is 19.1. The molecule has 0 aromatic heterocycles. The van der Waals surface area contributed by atoms with E-state index in [1.807, 2.05) is 19.0 Å². The van der Waals surface area contributed by atoms with Crippen LogP contribution >= 0.6 is 0 Å². The van der Waals surface area contributed by atoms with Gasteiger partial charge in [-0.25, -0.2) is 4.39 Å². The summed E-state index contributed by atoms with van der Waals surface area (Å²) < 4.78 is 18.6. The molecule has 0 unspecified atom stereocenters. The van der Waals surface area contributed by atoms with Crippen LogP contribution < -0.4 is 4.74 Å². The zero-order valence-electron chi connectivity index (χ0n) is 17.3. The Balaban J connectivity index is 2.06.